The van der Waals surface area contributed by atoms with E-state index in [1.165, 1.54) is 11.3 Å². The Labute approximate surface area is 133 Å². The number of nitrogens with zero attached hydrogens (tertiary/aromatic N) is 2. The number of nitrogens with one attached hydrogen (secondary N) is 1. The zero-order valence-electron chi connectivity index (χ0n) is 12.3. The molecule has 0 aromatic carbocycles. The molecule has 2 aromatic heterocycles. The summed E-state index contributed by atoms with van der Waals surface area (Å²) in [4.78, 5) is 10.6. The number of thiophene rings is 1. The molecule has 114 valence electrons. The first-order valence-electron chi connectivity index (χ1n) is 7.35. The molecule has 0 aliphatic heterocycles. The highest BCUT2D eigenvalue weighted by Gasteiger charge is 2.32. The summed E-state index contributed by atoms with van der Waals surface area (Å²) in [5, 5.41) is 15.2. The minimum Gasteiger partial charge on any atom is -0.388 e. The standard InChI is InChI=1S/C15H20ClN3OS/c1-9-4-3-5-15(20,7-9)8-17-12-11-6-10(2)21-13(11)19-14(16)18-12/h6,9,20H,3-5,7-8H2,1-2H3,(H,17,18,19). The monoisotopic (exact) mass is 325 g/mol. The maximum Gasteiger partial charge on any atom is 0.225 e. The molecule has 1 saturated carbocycles. The molecule has 2 atom stereocenters. The lowest BCUT2D eigenvalue weighted by Gasteiger charge is -2.35. The third-order valence-corrected chi connectivity index (χ3v) is 5.25. The molecular formula is C15H20ClN3OS. The highest BCUT2D eigenvalue weighted by molar-refractivity contribution is 7.18. The molecule has 2 N–H and O–H groups in total. The van der Waals surface area contributed by atoms with E-state index in [9.17, 15) is 5.11 Å². The van der Waals surface area contributed by atoms with Crippen LogP contribution in [-0.2, 0) is 0 Å². The summed E-state index contributed by atoms with van der Waals surface area (Å²) in [5.41, 5.74) is -0.646. The smallest absolute Gasteiger partial charge is 0.225 e. The summed E-state index contributed by atoms with van der Waals surface area (Å²) in [7, 11) is 0. The number of aliphatic hydroxyl groups is 1. The topological polar surface area (TPSA) is 58.0 Å². The summed E-state index contributed by atoms with van der Waals surface area (Å²) in [6.07, 6.45) is 3.96. The van der Waals surface area contributed by atoms with Crippen molar-refractivity contribution in [2.75, 3.05) is 11.9 Å². The minimum absolute atomic E-state index is 0.246. The molecule has 2 unspecified atom stereocenters. The molecular weight excluding hydrogens is 306 g/mol. The second-order valence-electron chi connectivity index (χ2n) is 6.20. The molecule has 0 bridgehead atoms. The van der Waals surface area contributed by atoms with Crippen molar-refractivity contribution in [2.45, 2.75) is 45.1 Å². The number of fused-ring (bicyclic) bond motifs is 1. The Balaban J connectivity index is 1.81. The van der Waals surface area contributed by atoms with Gasteiger partial charge in [-0.2, -0.15) is 0 Å². The largest absolute Gasteiger partial charge is 0.388 e. The number of anilines is 1. The molecule has 0 saturated heterocycles. The summed E-state index contributed by atoms with van der Waals surface area (Å²) in [6.45, 7) is 4.75. The van der Waals surface area contributed by atoms with Crippen LogP contribution < -0.4 is 5.32 Å². The van der Waals surface area contributed by atoms with E-state index in [4.69, 9.17) is 11.6 Å². The Morgan fingerprint density at radius 2 is 2.33 bits per heavy atom. The number of hydrogen-bond acceptors (Lipinski definition) is 5. The van der Waals surface area contributed by atoms with Crippen LogP contribution in [0.3, 0.4) is 0 Å². The minimum atomic E-state index is -0.646. The second-order valence-corrected chi connectivity index (χ2v) is 7.77. The van der Waals surface area contributed by atoms with Crippen LogP contribution in [0.25, 0.3) is 10.2 Å². The first-order valence-corrected chi connectivity index (χ1v) is 8.55. The lowest BCUT2D eigenvalue weighted by atomic mass is 9.79. The van der Waals surface area contributed by atoms with E-state index in [-0.39, 0.29) is 5.28 Å². The van der Waals surface area contributed by atoms with Gasteiger partial charge >= 0.3 is 0 Å². The molecule has 1 aliphatic rings. The fourth-order valence-electron chi connectivity index (χ4n) is 3.19. The van der Waals surface area contributed by atoms with Crippen LogP contribution in [0.4, 0.5) is 5.82 Å². The fraction of sp³-hybridized carbons (Fsp3) is 0.600. The molecule has 6 heteroatoms. The van der Waals surface area contributed by atoms with Crippen LogP contribution in [0.2, 0.25) is 5.28 Å². The van der Waals surface area contributed by atoms with Gasteiger partial charge < -0.3 is 10.4 Å². The zero-order chi connectivity index (χ0) is 15.0. The second kappa shape index (κ2) is 5.71. The van der Waals surface area contributed by atoms with Crippen LogP contribution in [0.15, 0.2) is 6.07 Å². The first-order chi connectivity index (χ1) is 9.95. The molecule has 0 amide bonds. The lowest BCUT2D eigenvalue weighted by Crippen LogP contribution is -2.41. The van der Waals surface area contributed by atoms with Crippen LogP contribution in [-0.4, -0.2) is 27.2 Å². The Morgan fingerprint density at radius 3 is 3.10 bits per heavy atom. The molecule has 0 radical (unpaired) electrons. The molecule has 2 aromatic rings. The number of hydrogen-bond donors (Lipinski definition) is 2. The normalized spacial score (nSPS) is 26.2. The summed E-state index contributed by atoms with van der Waals surface area (Å²) >= 11 is 7.60. The van der Waals surface area contributed by atoms with Crippen LogP contribution in [0.5, 0.6) is 0 Å². The molecule has 2 heterocycles. The van der Waals surface area contributed by atoms with E-state index in [0.29, 0.717) is 12.5 Å². The van der Waals surface area contributed by atoms with Crippen molar-refractivity contribution in [3.8, 4) is 0 Å². The molecule has 3 rings (SSSR count). The van der Waals surface area contributed by atoms with Crippen molar-refractivity contribution in [1.29, 1.82) is 0 Å². The highest BCUT2D eigenvalue weighted by atomic mass is 35.5. The molecule has 1 fully saturated rings. The van der Waals surface area contributed by atoms with Gasteiger partial charge in [0.15, 0.2) is 0 Å². The van der Waals surface area contributed by atoms with Gasteiger partial charge in [0.1, 0.15) is 10.6 Å². The SMILES string of the molecule is Cc1cc2c(NCC3(O)CCCC(C)C3)nc(Cl)nc2s1. The van der Waals surface area contributed by atoms with Crippen molar-refractivity contribution in [1.82, 2.24) is 9.97 Å². The van der Waals surface area contributed by atoms with Crippen LogP contribution >= 0.6 is 22.9 Å². The van der Waals surface area contributed by atoms with Gasteiger partial charge in [-0.15, -0.1) is 11.3 Å². The van der Waals surface area contributed by atoms with E-state index in [0.717, 1.165) is 35.3 Å². The van der Waals surface area contributed by atoms with Gasteiger partial charge in [-0.25, -0.2) is 9.97 Å². The summed E-state index contributed by atoms with van der Waals surface area (Å²) < 4.78 is 0. The predicted octanol–water partition coefficient (Wildman–Crippen LogP) is 4.01. The van der Waals surface area contributed by atoms with E-state index in [2.05, 4.69) is 28.3 Å². The van der Waals surface area contributed by atoms with Crippen molar-refractivity contribution in [3.05, 3.63) is 16.2 Å². The van der Waals surface area contributed by atoms with Crippen molar-refractivity contribution >= 4 is 39.0 Å². The van der Waals surface area contributed by atoms with Gasteiger partial charge in [0, 0.05) is 11.4 Å². The van der Waals surface area contributed by atoms with Gasteiger partial charge in [0.2, 0.25) is 5.28 Å². The van der Waals surface area contributed by atoms with Crippen molar-refractivity contribution < 1.29 is 5.11 Å². The van der Waals surface area contributed by atoms with Gasteiger partial charge in [-0.05, 0) is 43.4 Å². The average molecular weight is 326 g/mol. The van der Waals surface area contributed by atoms with E-state index >= 15 is 0 Å². The highest BCUT2D eigenvalue weighted by Crippen LogP contribution is 2.34. The van der Waals surface area contributed by atoms with Gasteiger partial charge in [-0.3, -0.25) is 0 Å². The van der Waals surface area contributed by atoms with Crippen LogP contribution in [0.1, 0.15) is 37.5 Å². The number of halogens is 1. The van der Waals surface area contributed by atoms with E-state index in [1.54, 1.807) is 11.3 Å². The van der Waals surface area contributed by atoms with Gasteiger partial charge in [0.25, 0.3) is 0 Å². The Bertz CT molecular complexity index is 660. The fourth-order valence-corrected chi connectivity index (χ4v) is 4.29. The third kappa shape index (κ3) is 3.30. The molecule has 21 heavy (non-hydrogen) atoms. The lowest BCUT2D eigenvalue weighted by molar-refractivity contribution is -0.000802. The maximum absolute atomic E-state index is 10.7. The van der Waals surface area contributed by atoms with E-state index in [1.807, 2.05) is 6.92 Å². The Hall–Kier alpha value is -0.910. The van der Waals surface area contributed by atoms with Crippen LogP contribution in [0, 0.1) is 12.8 Å². The average Bonchev–Trinajstić information content (AvgIpc) is 2.76. The molecule has 0 spiro atoms. The maximum atomic E-state index is 10.7. The van der Waals surface area contributed by atoms with E-state index < -0.39 is 5.60 Å². The summed E-state index contributed by atoms with van der Waals surface area (Å²) in [5.74, 6) is 1.30. The van der Waals surface area contributed by atoms with Gasteiger partial charge in [0.05, 0.1) is 11.0 Å². The summed E-state index contributed by atoms with van der Waals surface area (Å²) in [6, 6.07) is 2.06. The van der Waals surface area contributed by atoms with Crippen molar-refractivity contribution in [2.24, 2.45) is 5.92 Å². The molecule has 4 nitrogen and oxygen atoms in total. The Kier molecular flexibility index (Phi) is 4.08. The Morgan fingerprint density at radius 1 is 1.52 bits per heavy atom. The first kappa shape index (κ1) is 15.0. The number of aromatic nitrogens is 2. The van der Waals surface area contributed by atoms with Crippen molar-refractivity contribution in [3.63, 3.8) is 0 Å². The number of rotatable bonds is 3. The zero-order valence-corrected chi connectivity index (χ0v) is 13.9. The quantitative estimate of drug-likeness (QED) is 0.837. The van der Waals surface area contributed by atoms with Gasteiger partial charge in [-0.1, -0.05) is 19.8 Å². The number of aryl methyl sites for hydroxylation is 1. The third-order valence-electron chi connectivity index (χ3n) is 4.14. The predicted molar refractivity (Wildman–Crippen MR) is 88.2 cm³/mol. The molecule has 1 aliphatic carbocycles.